The van der Waals surface area contributed by atoms with Gasteiger partial charge in [0.25, 0.3) is 0 Å². The molecule has 0 unspecified atom stereocenters. The normalized spacial score (nSPS) is 14.3. The Morgan fingerprint density at radius 3 is 1.93 bits per heavy atom. The van der Waals surface area contributed by atoms with Crippen LogP contribution in [0.2, 0.25) is 0 Å². The van der Waals surface area contributed by atoms with Crippen LogP contribution < -0.4 is 9.47 Å². The number of ether oxygens (including phenoxy) is 2. The van der Waals surface area contributed by atoms with Crippen LogP contribution in [-0.2, 0) is 5.31 Å². The number of aryl methyl sites for hydroxylation is 2. The van der Waals surface area contributed by atoms with Crippen LogP contribution in [0.1, 0.15) is 27.8 Å². The minimum atomic E-state index is -0.927. The van der Waals surface area contributed by atoms with Gasteiger partial charge in [0.05, 0.1) is 30.0 Å². The summed E-state index contributed by atoms with van der Waals surface area (Å²) in [6.07, 6.45) is 0. The third-order valence-corrected chi connectivity index (χ3v) is 9.44. The molecule has 4 nitrogen and oxygen atoms in total. The first kappa shape index (κ1) is 24.1. The molecular weight excluding hydrogens is 541 g/mol. The van der Waals surface area contributed by atoms with Crippen molar-refractivity contribution in [1.29, 1.82) is 0 Å². The zero-order chi connectivity index (χ0) is 29.3. The largest absolute Gasteiger partial charge is 0.457 e. The van der Waals surface area contributed by atoms with Gasteiger partial charge in [-0.2, -0.15) is 0 Å². The van der Waals surface area contributed by atoms with Crippen molar-refractivity contribution < 1.29 is 13.9 Å². The Hall–Kier alpha value is -5.42. The van der Waals surface area contributed by atoms with Crippen molar-refractivity contribution >= 4 is 51.6 Å². The van der Waals surface area contributed by atoms with Gasteiger partial charge in [0.2, 0.25) is 0 Å². The Labute approximate surface area is 254 Å². The molecule has 0 spiro atoms. The molecule has 0 atom stereocenters. The second kappa shape index (κ2) is 8.15. The Kier molecular flexibility index (Phi) is 4.46. The molecule has 8 aromatic rings. The van der Waals surface area contributed by atoms with Gasteiger partial charge < -0.3 is 18.5 Å². The first-order chi connectivity index (χ1) is 21.5. The second-order valence-electron chi connectivity index (χ2n) is 12.1. The Morgan fingerprint density at radius 2 is 1.23 bits per heavy atom. The zero-order valence-electron chi connectivity index (χ0n) is 24.1. The average Bonchev–Trinajstić information content (AvgIpc) is 3.57. The molecule has 0 bridgehead atoms. The summed E-state index contributed by atoms with van der Waals surface area (Å²) < 4.78 is 22.1. The van der Waals surface area contributed by atoms with Crippen molar-refractivity contribution in [2.24, 2.45) is 0 Å². The molecule has 0 amide bonds. The van der Waals surface area contributed by atoms with Crippen molar-refractivity contribution in [2.45, 2.75) is 19.2 Å². The minimum Gasteiger partial charge on any atom is -0.457 e. The van der Waals surface area contributed by atoms with Gasteiger partial charge in [-0.3, -0.25) is 0 Å². The third-order valence-electron chi connectivity index (χ3n) is 9.44. The van der Waals surface area contributed by atoms with Crippen LogP contribution in [0.4, 0.5) is 0 Å². The van der Waals surface area contributed by atoms with Crippen LogP contribution in [0.15, 0.2) is 114 Å². The van der Waals surface area contributed by atoms with Gasteiger partial charge in [-0.05, 0) is 50.2 Å². The highest BCUT2D eigenvalue weighted by molar-refractivity contribution is 6.24. The fourth-order valence-corrected chi connectivity index (χ4v) is 7.50. The lowest BCUT2D eigenvalue weighted by Crippen LogP contribution is -2.36. The molecule has 4 heterocycles. The number of benzene rings is 6. The topological polar surface area (TPSA) is 36.5 Å². The predicted molar refractivity (Wildman–Crippen MR) is 176 cm³/mol. The molecule has 2 aliphatic heterocycles. The molecule has 10 rings (SSSR count). The highest BCUT2D eigenvalue weighted by Gasteiger charge is 2.46. The van der Waals surface area contributed by atoms with Gasteiger partial charge >= 0.3 is 0 Å². The molecule has 2 aliphatic rings. The van der Waals surface area contributed by atoms with Crippen molar-refractivity contribution in [1.82, 2.24) is 4.57 Å². The van der Waals surface area contributed by atoms with Gasteiger partial charge in [0.1, 0.15) is 34.2 Å². The molecule has 0 N–H and O–H groups in total. The Balaban J connectivity index is 1.30. The number of hydrogen-bond acceptors (Lipinski definition) is 3. The predicted octanol–water partition coefficient (Wildman–Crippen LogP) is 9.97. The zero-order valence-corrected chi connectivity index (χ0v) is 24.1. The smallest absolute Gasteiger partial charge is 0.145 e. The molecule has 0 fully saturated rings. The van der Waals surface area contributed by atoms with E-state index in [-0.39, 0.29) is 0 Å². The van der Waals surface area contributed by atoms with E-state index in [1.54, 1.807) is 0 Å². The number of nitrogens with zero attached hydrogens (tertiary/aromatic N) is 1. The maximum atomic E-state index is 7.55. The van der Waals surface area contributed by atoms with Crippen LogP contribution in [0.25, 0.3) is 49.4 Å². The summed E-state index contributed by atoms with van der Waals surface area (Å²) in [5.41, 5.74) is 9.79. The highest BCUT2D eigenvalue weighted by atomic mass is 16.5. The van der Waals surface area contributed by atoms with Gasteiger partial charge in [0.15, 0.2) is 0 Å². The summed E-state index contributed by atoms with van der Waals surface area (Å²) in [5, 5.41) is 3.50. The summed E-state index contributed by atoms with van der Waals surface area (Å²) >= 11 is 0. The number of hydrogen-bond donors (Lipinski definition) is 0. The molecule has 206 valence electrons. The Morgan fingerprint density at radius 1 is 0.591 bits per heavy atom. The first-order valence-electron chi connectivity index (χ1n) is 14.9. The first-order valence-corrected chi connectivity index (χ1v) is 14.9. The van der Waals surface area contributed by atoms with Gasteiger partial charge in [0, 0.05) is 50.3 Å². The Bertz CT molecular complexity index is 2480. The maximum absolute atomic E-state index is 7.55. The quantitative estimate of drug-likeness (QED) is 0.186. The van der Waals surface area contributed by atoms with Crippen molar-refractivity contribution in [2.75, 3.05) is 0 Å². The number of rotatable bonds is 1. The molecule has 2 radical (unpaired) electrons. The summed E-state index contributed by atoms with van der Waals surface area (Å²) in [5.74, 6) is 2.90. The van der Waals surface area contributed by atoms with E-state index in [0.717, 1.165) is 88.7 Å². The van der Waals surface area contributed by atoms with Gasteiger partial charge in [-0.25, -0.2) is 0 Å². The second-order valence-corrected chi connectivity index (χ2v) is 12.1. The molecule has 0 aliphatic carbocycles. The summed E-state index contributed by atoms with van der Waals surface area (Å²) in [4.78, 5) is 0. The van der Waals surface area contributed by atoms with Crippen LogP contribution in [-0.4, -0.2) is 12.4 Å². The lowest BCUT2D eigenvalue weighted by atomic mass is 9.54. The SMILES string of the molecule is [B]C12c3cc(C)ccc3Oc3cc(-n4c5ccccc5c5c6oc7ccccc7c6ccc54)cc(c31)Oc1ccc(C)cc12. The van der Waals surface area contributed by atoms with Crippen molar-refractivity contribution in [3.63, 3.8) is 0 Å². The number of aromatic nitrogens is 1. The van der Waals surface area contributed by atoms with Crippen molar-refractivity contribution in [3.05, 3.63) is 137 Å². The van der Waals surface area contributed by atoms with Crippen LogP contribution >= 0.6 is 0 Å². The lowest BCUT2D eigenvalue weighted by Gasteiger charge is -2.43. The van der Waals surface area contributed by atoms with E-state index < -0.39 is 5.31 Å². The molecular formula is C39H24BNO3. The fourth-order valence-electron chi connectivity index (χ4n) is 7.50. The standard InChI is InChI=1S/C39H24BNO3/c1-21-11-15-32-27(17-21)39(40)28-18-22(2)12-16-33(28)43-35-20-23(19-34(42-32)37(35)39)41-29-9-5-3-8-26(29)36-30(41)14-13-25-24-7-4-6-10-31(24)44-38(25)36/h3-20H,1-2H3. The van der Waals surface area contributed by atoms with E-state index in [1.165, 1.54) is 0 Å². The number of para-hydroxylation sites is 2. The summed E-state index contributed by atoms with van der Waals surface area (Å²) in [7, 11) is 7.55. The van der Waals surface area contributed by atoms with Crippen LogP contribution in [0.3, 0.4) is 0 Å². The van der Waals surface area contributed by atoms with Crippen molar-refractivity contribution in [3.8, 4) is 28.7 Å². The van der Waals surface area contributed by atoms with E-state index in [0.29, 0.717) is 11.5 Å². The summed E-state index contributed by atoms with van der Waals surface area (Å²) in [6.45, 7) is 4.17. The van der Waals surface area contributed by atoms with E-state index in [9.17, 15) is 0 Å². The molecule has 44 heavy (non-hydrogen) atoms. The third kappa shape index (κ3) is 2.94. The maximum Gasteiger partial charge on any atom is 0.145 e. The van der Waals surface area contributed by atoms with E-state index in [1.807, 2.05) is 24.3 Å². The van der Waals surface area contributed by atoms with E-state index in [4.69, 9.17) is 21.7 Å². The van der Waals surface area contributed by atoms with Crippen LogP contribution in [0, 0.1) is 13.8 Å². The summed E-state index contributed by atoms with van der Waals surface area (Å²) in [6, 6.07) is 37.7. The monoisotopic (exact) mass is 565 g/mol. The minimum absolute atomic E-state index is 0.694. The average molecular weight is 565 g/mol. The molecule has 0 saturated heterocycles. The fraction of sp³-hybridized carbons (Fsp3) is 0.0769. The molecule has 5 heteroatoms. The van der Waals surface area contributed by atoms with Gasteiger partial charge in [-0.15, -0.1) is 0 Å². The lowest BCUT2D eigenvalue weighted by molar-refractivity contribution is 0.399. The van der Waals surface area contributed by atoms with Gasteiger partial charge in [-0.1, -0.05) is 71.8 Å². The molecule has 6 aromatic carbocycles. The van der Waals surface area contributed by atoms with E-state index >= 15 is 0 Å². The number of fused-ring (bicyclic) bond motifs is 11. The highest BCUT2D eigenvalue weighted by Crippen LogP contribution is 2.59. The van der Waals surface area contributed by atoms with E-state index in [2.05, 4.69) is 103 Å². The molecule has 0 saturated carbocycles. The molecule has 2 aromatic heterocycles. The number of furan rings is 1. The van der Waals surface area contributed by atoms with Crippen LogP contribution in [0.5, 0.6) is 23.0 Å².